The van der Waals surface area contributed by atoms with Crippen LogP contribution in [-0.4, -0.2) is 39.6 Å². The van der Waals surface area contributed by atoms with Crippen LogP contribution in [0, 0.1) is 5.82 Å². The number of aromatic nitrogens is 2. The van der Waals surface area contributed by atoms with E-state index < -0.39 is 0 Å². The molecular weight excluding hydrogens is 409 g/mol. The number of para-hydroxylation sites is 2. The molecule has 3 heterocycles. The van der Waals surface area contributed by atoms with Crippen LogP contribution in [0.4, 0.5) is 4.39 Å². The first-order valence-electron chi connectivity index (χ1n) is 10.8. The minimum Gasteiger partial charge on any atom is -0.469 e. The number of furan rings is 1. The van der Waals surface area contributed by atoms with Crippen molar-refractivity contribution in [3.8, 4) is 6.01 Å². The van der Waals surface area contributed by atoms with Crippen molar-refractivity contribution >= 4 is 16.9 Å². The van der Waals surface area contributed by atoms with Crippen LogP contribution in [0.5, 0.6) is 6.01 Å². The van der Waals surface area contributed by atoms with Gasteiger partial charge in [-0.25, -0.2) is 4.39 Å². The van der Waals surface area contributed by atoms with Gasteiger partial charge in [0.15, 0.2) is 0 Å². The highest BCUT2D eigenvalue weighted by Gasteiger charge is 2.26. The van der Waals surface area contributed by atoms with E-state index in [4.69, 9.17) is 14.1 Å². The summed E-state index contributed by atoms with van der Waals surface area (Å²) in [4.78, 5) is 19.1. The quantitative estimate of drug-likeness (QED) is 0.451. The van der Waals surface area contributed by atoms with Crippen LogP contribution in [-0.2, 0) is 17.8 Å². The van der Waals surface area contributed by atoms with Gasteiger partial charge in [0.2, 0.25) is 5.91 Å². The largest absolute Gasteiger partial charge is 0.469 e. The molecule has 0 atom stereocenters. The molecule has 1 fully saturated rings. The van der Waals surface area contributed by atoms with Crippen LogP contribution in [0.2, 0.25) is 0 Å². The molecule has 0 spiro atoms. The molecule has 2 aromatic heterocycles. The third kappa shape index (κ3) is 4.37. The number of nitrogens with zero attached hydrogens (tertiary/aromatic N) is 3. The summed E-state index contributed by atoms with van der Waals surface area (Å²) in [6, 6.07) is 18.5. The van der Waals surface area contributed by atoms with Gasteiger partial charge in [-0.15, -0.1) is 0 Å². The number of amides is 1. The van der Waals surface area contributed by atoms with Gasteiger partial charge in [-0.1, -0.05) is 24.3 Å². The van der Waals surface area contributed by atoms with Gasteiger partial charge >= 0.3 is 0 Å². The predicted molar refractivity (Wildman–Crippen MR) is 118 cm³/mol. The van der Waals surface area contributed by atoms with E-state index in [1.165, 1.54) is 12.1 Å². The van der Waals surface area contributed by atoms with Crippen LogP contribution >= 0.6 is 0 Å². The highest BCUT2D eigenvalue weighted by molar-refractivity contribution is 5.78. The Balaban J connectivity index is 1.28. The summed E-state index contributed by atoms with van der Waals surface area (Å²) in [6.07, 6.45) is 3.33. The highest BCUT2D eigenvalue weighted by atomic mass is 19.1. The Labute approximate surface area is 185 Å². The zero-order chi connectivity index (χ0) is 21.9. The van der Waals surface area contributed by atoms with E-state index in [-0.39, 0.29) is 24.2 Å². The Hall–Kier alpha value is -3.61. The Morgan fingerprint density at radius 3 is 2.59 bits per heavy atom. The number of carbonyl (C=O) groups is 1. The molecule has 0 aliphatic carbocycles. The lowest BCUT2D eigenvalue weighted by Crippen LogP contribution is -2.42. The van der Waals surface area contributed by atoms with Crippen molar-refractivity contribution in [2.45, 2.75) is 31.9 Å². The second-order valence-electron chi connectivity index (χ2n) is 8.05. The third-order valence-electron chi connectivity index (χ3n) is 5.85. The number of hydrogen-bond acceptors (Lipinski definition) is 4. The van der Waals surface area contributed by atoms with Crippen molar-refractivity contribution in [3.05, 3.63) is 84.1 Å². The Morgan fingerprint density at radius 1 is 1.06 bits per heavy atom. The van der Waals surface area contributed by atoms with Crippen molar-refractivity contribution in [3.63, 3.8) is 0 Å². The molecule has 1 aliphatic rings. The fourth-order valence-corrected chi connectivity index (χ4v) is 4.11. The van der Waals surface area contributed by atoms with Gasteiger partial charge in [-0.2, -0.15) is 4.98 Å². The summed E-state index contributed by atoms with van der Waals surface area (Å²) < 4.78 is 27.0. The number of rotatable bonds is 6. The van der Waals surface area contributed by atoms with E-state index in [0.29, 0.717) is 31.4 Å². The molecule has 4 aromatic rings. The Bertz CT molecular complexity index is 1190. The molecular formula is C25H24FN3O3. The van der Waals surface area contributed by atoms with Crippen molar-refractivity contribution in [2.24, 2.45) is 0 Å². The molecule has 32 heavy (non-hydrogen) atoms. The molecule has 0 saturated carbocycles. The molecule has 1 amide bonds. The lowest BCUT2D eigenvalue weighted by molar-refractivity contribution is -0.132. The zero-order valence-corrected chi connectivity index (χ0v) is 17.6. The lowest BCUT2D eigenvalue weighted by atomic mass is 10.1. The number of fused-ring (bicyclic) bond motifs is 1. The molecule has 1 aliphatic heterocycles. The highest BCUT2D eigenvalue weighted by Crippen LogP contribution is 2.26. The maximum atomic E-state index is 13.3. The SMILES string of the molecule is O=C(Cc1ccco1)N1CCC(Oc2nc3ccccc3n2Cc2ccc(F)cc2)CC1. The smallest absolute Gasteiger partial charge is 0.297 e. The van der Waals surface area contributed by atoms with E-state index in [1.54, 1.807) is 24.5 Å². The van der Waals surface area contributed by atoms with Gasteiger partial charge in [0.05, 0.1) is 30.3 Å². The molecule has 0 bridgehead atoms. The third-order valence-corrected chi connectivity index (χ3v) is 5.85. The standard InChI is InChI=1S/C25H24FN3O3/c26-19-9-7-18(8-10-19)17-29-23-6-2-1-5-22(23)27-25(29)32-20-11-13-28(14-12-20)24(30)16-21-4-3-15-31-21/h1-10,15,20H,11-14,16-17H2. The first-order valence-corrected chi connectivity index (χ1v) is 10.8. The fraction of sp³-hybridized carbons (Fsp3) is 0.280. The molecule has 2 aromatic carbocycles. The molecule has 6 nitrogen and oxygen atoms in total. The number of piperidine rings is 1. The van der Waals surface area contributed by atoms with Gasteiger partial charge in [-0.3, -0.25) is 9.36 Å². The van der Waals surface area contributed by atoms with Crippen molar-refractivity contribution in [1.29, 1.82) is 0 Å². The first-order chi connectivity index (χ1) is 15.7. The minimum atomic E-state index is -0.255. The first kappa shape index (κ1) is 20.3. The minimum absolute atomic E-state index is 0.0218. The molecule has 0 radical (unpaired) electrons. The van der Waals surface area contributed by atoms with Crippen LogP contribution in [0.1, 0.15) is 24.2 Å². The Morgan fingerprint density at radius 2 is 1.84 bits per heavy atom. The van der Waals surface area contributed by atoms with Gasteiger partial charge in [0.25, 0.3) is 6.01 Å². The summed E-state index contributed by atoms with van der Waals surface area (Å²) in [5.41, 5.74) is 2.80. The van der Waals surface area contributed by atoms with Crippen molar-refractivity contribution < 1.29 is 18.3 Å². The van der Waals surface area contributed by atoms with Crippen molar-refractivity contribution in [1.82, 2.24) is 14.5 Å². The maximum Gasteiger partial charge on any atom is 0.297 e. The van der Waals surface area contributed by atoms with Gasteiger partial charge in [0, 0.05) is 25.9 Å². The monoisotopic (exact) mass is 433 g/mol. The van der Waals surface area contributed by atoms with Gasteiger partial charge in [0.1, 0.15) is 17.7 Å². The van der Waals surface area contributed by atoms with Gasteiger partial charge < -0.3 is 14.1 Å². The topological polar surface area (TPSA) is 60.5 Å². The summed E-state index contributed by atoms with van der Waals surface area (Å²) in [5, 5.41) is 0. The van der Waals surface area contributed by atoms with E-state index >= 15 is 0 Å². The molecule has 0 N–H and O–H groups in total. The summed E-state index contributed by atoms with van der Waals surface area (Å²) in [7, 11) is 0. The van der Waals surface area contributed by atoms with Crippen molar-refractivity contribution in [2.75, 3.05) is 13.1 Å². The molecule has 1 saturated heterocycles. The molecule has 164 valence electrons. The lowest BCUT2D eigenvalue weighted by Gasteiger charge is -2.31. The van der Waals surface area contributed by atoms with Crippen LogP contribution in [0.3, 0.4) is 0 Å². The number of ether oxygens (including phenoxy) is 1. The van der Waals surface area contributed by atoms with E-state index in [2.05, 4.69) is 0 Å². The van der Waals surface area contributed by atoms with Crippen LogP contribution in [0.15, 0.2) is 71.3 Å². The molecule has 0 unspecified atom stereocenters. The average molecular weight is 433 g/mol. The van der Waals surface area contributed by atoms with E-state index in [0.717, 1.165) is 29.4 Å². The summed E-state index contributed by atoms with van der Waals surface area (Å²) >= 11 is 0. The maximum absolute atomic E-state index is 13.3. The number of likely N-dealkylation sites (tertiary alicyclic amines) is 1. The van der Waals surface area contributed by atoms with E-state index in [1.807, 2.05) is 39.8 Å². The van der Waals surface area contributed by atoms with Crippen LogP contribution < -0.4 is 4.74 Å². The second-order valence-corrected chi connectivity index (χ2v) is 8.05. The van der Waals surface area contributed by atoms with Gasteiger partial charge in [-0.05, 0) is 42.0 Å². The molecule has 5 rings (SSSR count). The normalized spacial score (nSPS) is 14.7. The fourth-order valence-electron chi connectivity index (χ4n) is 4.11. The zero-order valence-electron chi connectivity index (χ0n) is 17.6. The number of benzene rings is 2. The molecule has 7 heteroatoms. The number of hydrogen-bond donors (Lipinski definition) is 0. The summed E-state index contributed by atoms with van der Waals surface area (Å²) in [6.45, 7) is 1.82. The summed E-state index contributed by atoms with van der Waals surface area (Å²) in [5.74, 6) is 0.499. The predicted octanol–water partition coefficient (Wildman–Crippen LogP) is 4.43. The number of halogens is 1. The average Bonchev–Trinajstić information content (AvgIpc) is 3.44. The Kier molecular flexibility index (Phi) is 5.62. The second kappa shape index (κ2) is 8.86. The van der Waals surface area contributed by atoms with Crippen LogP contribution in [0.25, 0.3) is 11.0 Å². The van der Waals surface area contributed by atoms with E-state index in [9.17, 15) is 9.18 Å². The number of imidazole rings is 1. The number of carbonyl (C=O) groups excluding carboxylic acids is 1.